The molecule has 2 aliphatic carbocycles. The molecular formula is C15H20O3. The van der Waals surface area contributed by atoms with E-state index in [0.29, 0.717) is 37.1 Å². The van der Waals surface area contributed by atoms with E-state index < -0.39 is 5.41 Å². The summed E-state index contributed by atoms with van der Waals surface area (Å²) >= 11 is 0. The van der Waals surface area contributed by atoms with Gasteiger partial charge in [0.15, 0.2) is 0 Å². The van der Waals surface area contributed by atoms with Crippen LogP contribution in [0.4, 0.5) is 0 Å². The van der Waals surface area contributed by atoms with Gasteiger partial charge in [-0.2, -0.15) is 0 Å². The van der Waals surface area contributed by atoms with Crippen LogP contribution >= 0.6 is 0 Å². The predicted molar refractivity (Wildman–Crippen MR) is 66.8 cm³/mol. The van der Waals surface area contributed by atoms with Gasteiger partial charge in [-0.1, -0.05) is 20.4 Å². The number of hydrogen-bond donors (Lipinski definition) is 0. The third-order valence-electron chi connectivity index (χ3n) is 5.79. The molecule has 1 heterocycles. The van der Waals surface area contributed by atoms with Gasteiger partial charge in [0.25, 0.3) is 0 Å². The van der Waals surface area contributed by atoms with Gasteiger partial charge in [0.05, 0.1) is 5.41 Å². The molecule has 2 saturated carbocycles. The van der Waals surface area contributed by atoms with Gasteiger partial charge >= 0.3 is 5.97 Å². The number of ketones is 1. The highest BCUT2D eigenvalue weighted by Gasteiger charge is 2.62. The van der Waals surface area contributed by atoms with Gasteiger partial charge in [-0.05, 0) is 35.7 Å². The number of carbonyl (C=O) groups excluding carboxylic acids is 2. The Labute approximate surface area is 108 Å². The van der Waals surface area contributed by atoms with Crippen LogP contribution in [0.2, 0.25) is 0 Å². The van der Waals surface area contributed by atoms with Gasteiger partial charge in [0, 0.05) is 12.8 Å². The monoisotopic (exact) mass is 248 g/mol. The van der Waals surface area contributed by atoms with Crippen LogP contribution in [0, 0.1) is 22.7 Å². The second-order valence-corrected chi connectivity index (χ2v) is 6.69. The first-order valence-electron chi connectivity index (χ1n) is 6.76. The molecule has 4 atom stereocenters. The molecule has 3 nitrogen and oxygen atoms in total. The molecule has 3 heteroatoms. The lowest BCUT2D eigenvalue weighted by Gasteiger charge is -2.41. The maximum Gasteiger partial charge on any atom is 0.316 e. The topological polar surface area (TPSA) is 43.4 Å². The van der Waals surface area contributed by atoms with Crippen molar-refractivity contribution < 1.29 is 14.3 Å². The molecule has 0 radical (unpaired) electrons. The molecule has 0 aromatic heterocycles. The summed E-state index contributed by atoms with van der Waals surface area (Å²) in [6.07, 6.45) is 2.86. The first-order valence-corrected chi connectivity index (χ1v) is 6.76. The minimum absolute atomic E-state index is 0.0835. The van der Waals surface area contributed by atoms with E-state index in [1.807, 2.05) is 0 Å². The minimum atomic E-state index is -0.488. The lowest BCUT2D eigenvalue weighted by atomic mass is 9.63. The first kappa shape index (κ1) is 11.9. The fourth-order valence-corrected chi connectivity index (χ4v) is 4.33. The minimum Gasteiger partial charge on any atom is -0.460 e. The summed E-state index contributed by atoms with van der Waals surface area (Å²) in [6.45, 7) is 8.79. The molecule has 0 aromatic carbocycles. The van der Waals surface area contributed by atoms with Crippen LogP contribution in [0.1, 0.15) is 39.5 Å². The summed E-state index contributed by atoms with van der Waals surface area (Å²) in [6, 6.07) is 0. The Morgan fingerprint density at radius 2 is 2.06 bits per heavy atom. The van der Waals surface area contributed by atoms with Crippen LogP contribution in [-0.2, 0) is 14.3 Å². The lowest BCUT2D eigenvalue weighted by Crippen LogP contribution is -2.37. The van der Waals surface area contributed by atoms with E-state index in [-0.39, 0.29) is 11.4 Å². The van der Waals surface area contributed by atoms with E-state index >= 15 is 0 Å². The molecule has 1 saturated heterocycles. The van der Waals surface area contributed by atoms with Gasteiger partial charge in [0.1, 0.15) is 12.4 Å². The molecule has 1 aliphatic heterocycles. The molecule has 0 unspecified atom stereocenters. The lowest BCUT2D eigenvalue weighted by molar-refractivity contribution is -0.146. The van der Waals surface area contributed by atoms with Crippen LogP contribution < -0.4 is 0 Å². The maximum atomic E-state index is 12.1. The van der Waals surface area contributed by atoms with Crippen molar-refractivity contribution in [3.63, 3.8) is 0 Å². The normalized spacial score (nSPS) is 47.6. The number of esters is 1. The largest absolute Gasteiger partial charge is 0.460 e. The third-order valence-corrected chi connectivity index (χ3v) is 5.79. The Morgan fingerprint density at radius 1 is 1.33 bits per heavy atom. The van der Waals surface area contributed by atoms with Crippen LogP contribution in [-0.4, -0.2) is 18.4 Å². The molecule has 1 spiro atoms. The number of carbonyl (C=O) groups is 2. The molecule has 3 rings (SSSR count). The number of hydrogen-bond acceptors (Lipinski definition) is 3. The number of ether oxygens (including phenoxy) is 1. The Kier molecular flexibility index (Phi) is 2.30. The van der Waals surface area contributed by atoms with Crippen LogP contribution in [0.5, 0.6) is 0 Å². The van der Waals surface area contributed by atoms with E-state index in [9.17, 15) is 9.59 Å². The van der Waals surface area contributed by atoms with E-state index in [1.54, 1.807) is 0 Å². The highest BCUT2D eigenvalue weighted by molar-refractivity contribution is 5.85. The summed E-state index contributed by atoms with van der Waals surface area (Å²) in [5.74, 6) is 0.905. The second kappa shape index (κ2) is 3.46. The van der Waals surface area contributed by atoms with E-state index in [4.69, 9.17) is 4.74 Å². The second-order valence-electron chi connectivity index (χ2n) is 6.69. The molecule has 3 fully saturated rings. The molecule has 98 valence electrons. The number of fused-ring (bicyclic) bond motifs is 1. The number of rotatable bonds is 0. The fourth-order valence-electron chi connectivity index (χ4n) is 4.33. The van der Waals surface area contributed by atoms with Gasteiger partial charge < -0.3 is 4.74 Å². The average Bonchev–Trinajstić information content (AvgIpc) is 2.73. The number of Topliss-reactive ketones (excluding diaryl/α,β-unsaturated/α-hetero) is 1. The molecule has 3 aliphatic rings. The summed E-state index contributed by atoms with van der Waals surface area (Å²) in [7, 11) is 0. The van der Waals surface area contributed by atoms with Crippen molar-refractivity contribution in [3.8, 4) is 0 Å². The smallest absolute Gasteiger partial charge is 0.316 e. The van der Waals surface area contributed by atoms with Crippen LogP contribution in [0.25, 0.3) is 0 Å². The van der Waals surface area contributed by atoms with Gasteiger partial charge in [0.2, 0.25) is 0 Å². The zero-order chi connectivity index (χ0) is 13.1. The first-order chi connectivity index (χ1) is 8.38. The van der Waals surface area contributed by atoms with Crippen LogP contribution in [0.3, 0.4) is 0 Å². The molecule has 0 amide bonds. The van der Waals surface area contributed by atoms with Gasteiger partial charge in [-0.25, -0.2) is 0 Å². The summed E-state index contributed by atoms with van der Waals surface area (Å²) in [4.78, 5) is 23.9. The Bertz CT molecular complexity index is 435. The Hall–Kier alpha value is -1.12. The zero-order valence-corrected chi connectivity index (χ0v) is 11.1. The quantitative estimate of drug-likeness (QED) is 0.488. The summed E-state index contributed by atoms with van der Waals surface area (Å²) in [5.41, 5.74) is 0.515. The van der Waals surface area contributed by atoms with Crippen molar-refractivity contribution in [1.82, 2.24) is 0 Å². The Balaban J connectivity index is 2.00. The van der Waals surface area contributed by atoms with Crippen molar-refractivity contribution in [1.29, 1.82) is 0 Å². The van der Waals surface area contributed by atoms with Gasteiger partial charge in [-0.3, -0.25) is 9.59 Å². The maximum absolute atomic E-state index is 12.1. The van der Waals surface area contributed by atoms with Gasteiger partial charge in [-0.15, -0.1) is 0 Å². The summed E-state index contributed by atoms with van der Waals surface area (Å²) < 4.78 is 5.19. The molecular weight excluding hydrogens is 228 g/mol. The van der Waals surface area contributed by atoms with E-state index in [0.717, 1.165) is 18.4 Å². The van der Waals surface area contributed by atoms with Crippen molar-refractivity contribution >= 4 is 11.8 Å². The van der Waals surface area contributed by atoms with Crippen molar-refractivity contribution in [2.75, 3.05) is 6.61 Å². The highest BCUT2D eigenvalue weighted by Crippen LogP contribution is 2.64. The van der Waals surface area contributed by atoms with E-state index in [1.165, 1.54) is 0 Å². The highest BCUT2D eigenvalue weighted by atomic mass is 16.5. The molecule has 0 aromatic rings. The van der Waals surface area contributed by atoms with Crippen molar-refractivity contribution in [2.24, 2.45) is 22.7 Å². The third kappa shape index (κ3) is 1.30. The zero-order valence-electron chi connectivity index (χ0n) is 11.1. The average molecular weight is 248 g/mol. The Morgan fingerprint density at radius 3 is 2.67 bits per heavy atom. The molecule has 0 bridgehead atoms. The standard InChI is InChI=1S/C15H20O3/c1-9-4-12(16)5-11-6-15(8-14(9,11)3)10(2)7-18-13(15)17/h9,11H,2,4-8H2,1,3H3/t9-,11+,14+,15-/m1/s1. The van der Waals surface area contributed by atoms with Crippen LogP contribution in [0.15, 0.2) is 12.2 Å². The number of cyclic esters (lactones) is 1. The SMILES string of the molecule is C=C1COC(=O)[C@@]12C[C@@H]1CC(=O)C[C@@H](C)[C@]1(C)C2. The summed E-state index contributed by atoms with van der Waals surface area (Å²) in [5, 5.41) is 0. The predicted octanol–water partition coefficient (Wildman–Crippen LogP) is 2.50. The fraction of sp³-hybridized carbons (Fsp3) is 0.733. The van der Waals surface area contributed by atoms with E-state index in [2.05, 4.69) is 20.4 Å². The molecule has 0 N–H and O–H groups in total. The van der Waals surface area contributed by atoms with Crippen molar-refractivity contribution in [3.05, 3.63) is 12.2 Å². The molecule has 18 heavy (non-hydrogen) atoms. The van der Waals surface area contributed by atoms with Crippen molar-refractivity contribution in [2.45, 2.75) is 39.5 Å².